The Hall–Kier alpha value is -1.14. The number of ether oxygens (including phenoxy) is 1. The Kier molecular flexibility index (Phi) is 5.55. The van der Waals surface area contributed by atoms with Crippen LogP contribution >= 0.6 is 15.9 Å². The van der Waals surface area contributed by atoms with E-state index in [9.17, 15) is 9.18 Å². The van der Waals surface area contributed by atoms with Gasteiger partial charge < -0.3 is 15.6 Å². The lowest BCUT2D eigenvalue weighted by Gasteiger charge is -2.16. The Bertz CT molecular complexity index is 440. The molecule has 4 nitrogen and oxygen atoms in total. The predicted octanol–water partition coefficient (Wildman–Crippen LogP) is 2.85. The molecular formula is C12H15BrFNO3. The Morgan fingerprint density at radius 3 is 2.83 bits per heavy atom. The van der Waals surface area contributed by atoms with E-state index in [0.717, 1.165) is 0 Å². The fraction of sp³-hybridized carbons (Fsp3) is 0.417. The van der Waals surface area contributed by atoms with Crippen LogP contribution in [0.5, 0.6) is 5.75 Å². The van der Waals surface area contributed by atoms with Gasteiger partial charge in [0.1, 0.15) is 11.6 Å². The number of rotatable bonds is 6. The summed E-state index contributed by atoms with van der Waals surface area (Å²) in [5, 5.41) is 8.56. The van der Waals surface area contributed by atoms with E-state index in [2.05, 4.69) is 15.9 Å². The number of nitrogens with two attached hydrogens (primary N) is 1. The minimum absolute atomic E-state index is 0.0678. The third-order valence-corrected chi connectivity index (χ3v) is 3.19. The van der Waals surface area contributed by atoms with Gasteiger partial charge in [-0.15, -0.1) is 0 Å². The maximum absolute atomic E-state index is 13.3. The largest absolute Gasteiger partial charge is 0.496 e. The normalized spacial score (nSPS) is 12.2. The van der Waals surface area contributed by atoms with Crippen LogP contribution < -0.4 is 10.5 Å². The Morgan fingerprint density at radius 2 is 2.28 bits per heavy atom. The second kappa shape index (κ2) is 6.70. The molecule has 0 aromatic heterocycles. The van der Waals surface area contributed by atoms with E-state index in [1.807, 2.05) is 0 Å². The van der Waals surface area contributed by atoms with E-state index in [4.69, 9.17) is 15.6 Å². The van der Waals surface area contributed by atoms with Crippen LogP contribution in [0.3, 0.4) is 0 Å². The van der Waals surface area contributed by atoms with Crippen LogP contribution in [0.15, 0.2) is 16.6 Å². The number of hydrogen-bond acceptors (Lipinski definition) is 3. The van der Waals surface area contributed by atoms with Crippen molar-refractivity contribution in [3.8, 4) is 5.75 Å². The van der Waals surface area contributed by atoms with E-state index >= 15 is 0 Å². The van der Waals surface area contributed by atoms with Crippen molar-refractivity contribution in [2.75, 3.05) is 7.11 Å². The van der Waals surface area contributed by atoms with Gasteiger partial charge in [-0.2, -0.15) is 0 Å². The first kappa shape index (κ1) is 14.9. The quantitative estimate of drug-likeness (QED) is 0.845. The number of benzene rings is 1. The van der Waals surface area contributed by atoms with Gasteiger partial charge in [-0.05, 0) is 34.8 Å². The van der Waals surface area contributed by atoms with Crippen molar-refractivity contribution in [3.05, 3.63) is 28.0 Å². The first-order valence-corrected chi connectivity index (χ1v) is 6.25. The lowest BCUT2D eigenvalue weighted by atomic mass is 10.0. The zero-order valence-corrected chi connectivity index (χ0v) is 11.5. The summed E-state index contributed by atoms with van der Waals surface area (Å²) in [6.45, 7) is 0. The zero-order chi connectivity index (χ0) is 13.7. The minimum Gasteiger partial charge on any atom is -0.496 e. The molecule has 0 fully saturated rings. The molecule has 0 amide bonds. The van der Waals surface area contributed by atoms with Gasteiger partial charge in [0.05, 0.1) is 11.6 Å². The van der Waals surface area contributed by atoms with Crippen LogP contribution in [0.1, 0.15) is 30.9 Å². The maximum Gasteiger partial charge on any atom is 0.303 e. The molecule has 1 unspecified atom stereocenters. The van der Waals surface area contributed by atoms with E-state index in [1.165, 1.54) is 13.2 Å². The molecule has 1 aromatic rings. The lowest BCUT2D eigenvalue weighted by Crippen LogP contribution is -2.12. The van der Waals surface area contributed by atoms with Crippen LogP contribution in [0.4, 0.5) is 4.39 Å². The van der Waals surface area contributed by atoms with Crippen LogP contribution in [-0.4, -0.2) is 18.2 Å². The number of halogens is 2. The van der Waals surface area contributed by atoms with Gasteiger partial charge in [-0.3, -0.25) is 4.79 Å². The molecule has 0 aliphatic carbocycles. The maximum atomic E-state index is 13.3. The summed E-state index contributed by atoms with van der Waals surface area (Å²) < 4.78 is 18.7. The summed E-state index contributed by atoms with van der Waals surface area (Å²) in [4.78, 5) is 10.4. The third-order valence-electron chi connectivity index (χ3n) is 2.58. The number of carbonyl (C=O) groups is 1. The second-order valence-corrected chi connectivity index (χ2v) is 4.76. The van der Waals surface area contributed by atoms with Crippen LogP contribution in [0, 0.1) is 5.82 Å². The molecule has 0 heterocycles. The fourth-order valence-corrected chi connectivity index (χ4v) is 2.00. The molecule has 0 bridgehead atoms. The minimum atomic E-state index is -0.852. The molecule has 1 aromatic carbocycles. The number of carboxylic acids is 1. The molecule has 3 N–H and O–H groups in total. The van der Waals surface area contributed by atoms with Crippen molar-refractivity contribution in [3.63, 3.8) is 0 Å². The zero-order valence-electron chi connectivity index (χ0n) is 9.95. The molecule has 18 heavy (non-hydrogen) atoms. The van der Waals surface area contributed by atoms with Crippen LogP contribution in [-0.2, 0) is 4.79 Å². The van der Waals surface area contributed by atoms with Gasteiger partial charge in [-0.25, -0.2) is 4.39 Å². The highest BCUT2D eigenvalue weighted by Gasteiger charge is 2.15. The summed E-state index contributed by atoms with van der Waals surface area (Å²) >= 11 is 3.09. The summed E-state index contributed by atoms with van der Waals surface area (Å²) in [6.07, 6.45) is 1.04. The van der Waals surface area contributed by atoms with Crippen molar-refractivity contribution >= 4 is 21.9 Å². The Morgan fingerprint density at radius 1 is 1.61 bits per heavy atom. The summed E-state index contributed by atoms with van der Waals surface area (Å²) in [7, 11) is 1.44. The smallest absolute Gasteiger partial charge is 0.303 e. The molecule has 1 atom stereocenters. The molecule has 0 spiro atoms. The first-order valence-electron chi connectivity index (χ1n) is 5.46. The van der Waals surface area contributed by atoms with E-state index in [0.29, 0.717) is 28.6 Å². The van der Waals surface area contributed by atoms with Crippen molar-refractivity contribution < 1.29 is 19.0 Å². The number of hydrogen-bond donors (Lipinski definition) is 2. The molecule has 6 heteroatoms. The average Bonchev–Trinajstić information content (AvgIpc) is 2.31. The highest BCUT2D eigenvalue weighted by molar-refractivity contribution is 9.10. The molecule has 0 saturated heterocycles. The lowest BCUT2D eigenvalue weighted by molar-refractivity contribution is -0.137. The topological polar surface area (TPSA) is 72.5 Å². The van der Waals surface area contributed by atoms with E-state index < -0.39 is 11.8 Å². The number of aliphatic carboxylic acids is 1. The monoisotopic (exact) mass is 319 g/mol. The molecule has 0 saturated carbocycles. The second-order valence-electron chi connectivity index (χ2n) is 3.90. The molecule has 1 rings (SSSR count). The highest BCUT2D eigenvalue weighted by Crippen LogP contribution is 2.31. The van der Waals surface area contributed by atoms with Crippen molar-refractivity contribution in [2.45, 2.75) is 25.3 Å². The molecule has 100 valence electrons. The van der Waals surface area contributed by atoms with E-state index in [-0.39, 0.29) is 12.5 Å². The number of methoxy groups -OCH3 is 1. The Balaban J connectivity index is 2.80. The third kappa shape index (κ3) is 3.96. The summed E-state index contributed by atoms with van der Waals surface area (Å²) in [5.41, 5.74) is 6.62. The molecule has 0 aliphatic heterocycles. The predicted molar refractivity (Wildman–Crippen MR) is 69.1 cm³/mol. The van der Waals surface area contributed by atoms with Crippen molar-refractivity contribution in [2.24, 2.45) is 5.73 Å². The SMILES string of the molecule is COc1cc(F)c(Br)cc1C(N)CCCC(=O)O. The summed E-state index contributed by atoms with van der Waals surface area (Å²) in [5.74, 6) is -0.902. The van der Waals surface area contributed by atoms with Crippen LogP contribution in [0.2, 0.25) is 0 Å². The average molecular weight is 320 g/mol. The van der Waals surface area contributed by atoms with E-state index in [1.54, 1.807) is 6.07 Å². The van der Waals surface area contributed by atoms with Gasteiger partial charge in [0.15, 0.2) is 0 Å². The highest BCUT2D eigenvalue weighted by atomic mass is 79.9. The van der Waals surface area contributed by atoms with Crippen LogP contribution in [0.25, 0.3) is 0 Å². The van der Waals surface area contributed by atoms with Gasteiger partial charge in [0, 0.05) is 24.1 Å². The molecule has 0 radical (unpaired) electrons. The van der Waals surface area contributed by atoms with Gasteiger partial charge in [0.25, 0.3) is 0 Å². The van der Waals surface area contributed by atoms with Crippen molar-refractivity contribution in [1.29, 1.82) is 0 Å². The summed E-state index contributed by atoms with van der Waals surface area (Å²) in [6, 6.07) is 2.45. The van der Waals surface area contributed by atoms with Gasteiger partial charge in [-0.1, -0.05) is 0 Å². The van der Waals surface area contributed by atoms with Gasteiger partial charge >= 0.3 is 5.97 Å². The van der Waals surface area contributed by atoms with Gasteiger partial charge in [0.2, 0.25) is 0 Å². The number of carboxylic acid groups (broad SMARTS) is 1. The molecular weight excluding hydrogens is 305 g/mol. The molecule has 0 aliphatic rings. The fourth-order valence-electron chi connectivity index (χ4n) is 1.64. The first-order chi connectivity index (χ1) is 8.45. The standard InChI is InChI=1S/C12H15BrFNO3/c1-18-11-6-9(14)8(13)5-7(11)10(15)3-2-4-12(16)17/h5-6,10H,2-4,15H2,1H3,(H,16,17). The Labute approximate surface area is 113 Å². The van der Waals surface area contributed by atoms with Crippen molar-refractivity contribution in [1.82, 2.24) is 0 Å².